The molecule has 1 fully saturated rings. The molecule has 2 aromatic rings. The maximum Gasteiger partial charge on any atom is 0.233 e. The zero-order valence-corrected chi connectivity index (χ0v) is 18.3. The van der Waals surface area contributed by atoms with Gasteiger partial charge in [-0.25, -0.2) is 0 Å². The van der Waals surface area contributed by atoms with Gasteiger partial charge >= 0.3 is 0 Å². The van der Waals surface area contributed by atoms with E-state index in [1.165, 1.54) is 4.90 Å². The van der Waals surface area contributed by atoms with E-state index in [0.717, 1.165) is 27.1 Å². The first kappa shape index (κ1) is 19.8. The van der Waals surface area contributed by atoms with Gasteiger partial charge in [0.05, 0.1) is 18.4 Å². The van der Waals surface area contributed by atoms with Crippen LogP contribution in [0.4, 0.5) is 0 Å². The van der Waals surface area contributed by atoms with Gasteiger partial charge in [0.15, 0.2) is 5.78 Å². The van der Waals surface area contributed by atoms with E-state index < -0.39 is 0 Å². The Balaban J connectivity index is 1.61. The molecule has 4 rings (SSSR count). The third-order valence-electron chi connectivity index (χ3n) is 6.03. The van der Waals surface area contributed by atoms with Crippen molar-refractivity contribution in [2.24, 2.45) is 11.8 Å². The zero-order chi connectivity index (χ0) is 20.9. The molecule has 2 atom stereocenters. The van der Waals surface area contributed by atoms with E-state index in [0.29, 0.717) is 18.4 Å². The Kier molecular flexibility index (Phi) is 5.07. The molecule has 0 radical (unpaired) electrons. The fourth-order valence-corrected chi connectivity index (χ4v) is 4.71. The van der Waals surface area contributed by atoms with Crippen LogP contribution in [0, 0.1) is 32.6 Å². The molecule has 1 aromatic heterocycles. The summed E-state index contributed by atoms with van der Waals surface area (Å²) in [4.78, 5) is 39.6. The molecule has 1 aliphatic carbocycles. The number of nitrogens with zero attached hydrogens (tertiary/aromatic N) is 2. The van der Waals surface area contributed by atoms with Crippen LogP contribution in [0.1, 0.15) is 40.2 Å². The van der Waals surface area contributed by atoms with Gasteiger partial charge in [-0.2, -0.15) is 0 Å². The van der Waals surface area contributed by atoms with Gasteiger partial charge in [-0.1, -0.05) is 28.1 Å². The summed E-state index contributed by atoms with van der Waals surface area (Å²) in [5, 5.41) is 0. The van der Waals surface area contributed by atoms with Crippen LogP contribution in [0.3, 0.4) is 0 Å². The number of aryl methyl sites for hydroxylation is 2. The number of allylic oxidation sites excluding steroid dienone is 2. The number of hydrogen-bond acceptors (Lipinski definition) is 3. The van der Waals surface area contributed by atoms with Gasteiger partial charge in [0.25, 0.3) is 0 Å². The fraction of sp³-hybridized carbons (Fsp3) is 0.348. The highest BCUT2D eigenvalue weighted by molar-refractivity contribution is 9.10. The smallest absolute Gasteiger partial charge is 0.233 e. The molecule has 2 heterocycles. The maximum absolute atomic E-state index is 13.1. The second-order valence-corrected chi connectivity index (χ2v) is 8.75. The summed E-state index contributed by atoms with van der Waals surface area (Å²) in [6.45, 7) is 5.68. The third kappa shape index (κ3) is 3.29. The summed E-state index contributed by atoms with van der Waals surface area (Å²) >= 11 is 3.52. The van der Waals surface area contributed by atoms with Crippen molar-refractivity contribution in [2.45, 2.75) is 33.6 Å². The number of ketones is 1. The molecule has 150 valence electrons. The molecule has 1 saturated heterocycles. The van der Waals surface area contributed by atoms with Gasteiger partial charge in [-0.3, -0.25) is 19.3 Å². The van der Waals surface area contributed by atoms with Crippen molar-refractivity contribution >= 4 is 33.5 Å². The van der Waals surface area contributed by atoms with Crippen molar-refractivity contribution in [1.29, 1.82) is 0 Å². The number of carbonyl (C=O) groups excluding carboxylic acids is 3. The molecule has 1 aromatic carbocycles. The average molecular weight is 455 g/mol. The van der Waals surface area contributed by atoms with Crippen LogP contribution >= 0.6 is 15.9 Å². The van der Waals surface area contributed by atoms with Gasteiger partial charge < -0.3 is 4.57 Å². The summed E-state index contributed by atoms with van der Waals surface area (Å²) in [6, 6.07) is 7.89. The number of rotatable bonds is 4. The van der Waals surface area contributed by atoms with Gasteiger partial charge in [-0.15, -0.1) is 0 Å². The molecule has 6 heteroatoms. The monoisotopic (exact) mass is 454 g/mol. The molecule has 5 nitrogen and oxygen atoms in total. The lowest BCUT2D eigenvalue weighted by Gasteiger charge is -2.14. The number of aromatic nitrogens is 1. The fourth-order valence-electron chi connectivity index (χ4n) is 4.46. The van der Waals surface area contributed by atoms with Crippen LogP contribution in [0.5, 0.6) is 0 Å². The number of likely N-dealkylation sites (tertiary alicyclic amines) is 1. The van der Waals surface area contributed by atoms with Crippen LogP contribution in [0.2, 0.25) is 0 Å². The molecule has 0 unspecified atom stereocenters. The van der Waals surface area contributed by atoms with E-state index in [2.05, 4.69) is 22.0 Å². The van der Waals surface area contributed by atoms with Gasteiger partial charge in [0.2, 0.25) is 11.8 Å². The van der Waals surface area contributed by atoms with Crippen LogP contribution < -0.4 is 0 Å². The van der Waals surface area contributed by atoms with E-state index >= 15 is 0 Å². The number of benzene rings is 1. The Morgan fingerprint density at radius 1 is 1.03 bits per heavy atom. The Morgan fingerprint density at radius 2 is 1.66 bits per heavy atom. The summed E-state index contributed by atoms with van der Waals surface area (Å²) in [5.74, 6) is -1.24. The lowest BCUT2D eigenvalue weighted by molar-refractivity contribution is -0.139. The highest BCUT2D eigenvalue weighted by atomic mass is 79.9. The van der Waals surface area contributed by atoms with E-state index in [9.17, 15) is 14.4 Å². The summed E-state index contributed by atoms with van der Waals surface area (Å²) in [6.07, 6.45) is 5.06. The lowest BCUT2D eigenvalue weighted by Crippen LogP contribution is -2.36. The number of halogens is 1. The second-order valence-electron chi connectivity index (χ2n) is 7.90. The maximum atomic E-state index is 13.1. The minimum atomic E-state index is -0.307. The lowest BCUT2D eigenvalue weighted by atomic mass is 9.85. The molecular formula is C23H23BrN2O3. The molecule has 1 aliphatic heterocycles. The van der Waals surface area contributed by atoms with Crippen molar-refractivity contribution in [3.8, 4) is 5.69 Å². The molecule has 0 saturated carbocycles. The Hall–Kier alpha value is -2.47. The van der Waals surface area contributed by atoms with E-state index in [4.69, 9.17) is 0 Å². The predicted molar refractivity (Wildman–Crippen MR) is 114 cm³/mol. The highest BCUT2D eigenvalue weighted by Crippen LogP contribution is 2.35. The number of Topliss-reactive ketones (excluding diaryl/α,β-unsaturated/α-hetero) is 1. The van der Waals surface area contributed by atoms with Gasteiger partial charge in [0.1, 0.15) is 0 Å². The molecule has 2 amide bonds. The zero-order valence-electron chi connectivity index (χ0n) is 16.7. The van der Waals surface area contributed by atoms with E-state index in [1.54, 1.807) is 0 Å². The Labute approximate surface area is 178 Å². The molecular weight excluding hydrogens is 432 g/mol. The average Bonchev–Trinajstić information content (AvgIpc) is 3.13. The van der Waals surface area contributed by atoms with Crippen LogP contribution in [-0.2, 0) is 9.59 Å². The van der Waals surface area contributed by atoms with Crippen LogP contribution in [0.25, 0.3) is 5.69 Å². The van der Waals surface area contributed by atoms with Crippen LogP contribution in [0.15, 0.2) is 40.9 Å². The van der Waals surface area contributed by atoms with Crippen LogP contribution in [-0.4, -0.2) is 33.6 Å². The Morgan fingerprint density at radius 3 is 2.24 bits per heavy atom. The van der Waals surface area contributed by atoms with Crippen molar-refractivity contribution < 1.29 is 14.4 Å². The van der Waals surface area contributed by atoms with Gasteiger partial charge in [-0.05, 0) is 63.4 Å². The number of imide groups is 1. The summed E-state index contributed by atoms with van der Waals surface area (Å²) in [7, 11) is 0. The van der Waals surface area contributed by atoms with Crippen molar-refractivity contribution in [3.05, 3.63) is 63.4 Å². The van der Waals surface area contributed by atoms with E-state index in [-0.39, 0.29) is 36.0 Å². The molecule has 0 spiro atoms. The first-order chi connectivity index (χ1) is 13.8. The highest BCUT2D eigenvalue weighted by Gasteiger charge is 2.47. The molecule has 29 heavy (non-hydrogen) atoms. The number of hydrogen-bond donors (Lipinski definition) is 0. The van der Waals surface area contributed by atoms with Crippen molar-refractivity contribution in [3.63, 3.8) is 0 Å². The van der Waals surface area contributed by atoms with E-state index in [1.807, 2.05) is 55.7 Å². The first-order valence-electron chi connectivity index (χ1n) is 9.78. The van der Waals surface area contributed by atoms with Crippen molar-refractivity contribution in [2.75, 3.05) is 6.54 Å². The van der Waals surface area contributed by atoms with Gasteiger partial charge in [0, 0.05) is 27.1 Å². The van der Waals surface area contributed by atoms with Crippen molar-refractivity contribution in [1.82, 2.24) is 9.47 Å². The molecule has 0 bridgehead atoms. The summed E-state index contributed by atoms with van der Waals surface area (Å²) < 4.78 is 3.06. The number of amides is 2. The predicted octanol–water partition coefficient (Wildman–Crippen LogP) is 4.30. The minimum absolute atomic E-state index is 0.186. The second kappa shape index (κ2) is 7.41. The summed E-state index contributed by atoms with van der Waals surface area (Å²) in [5.41, 5.74) is 4.38. The largest absolute Gasteiger partial charge is 0.318 e. The third-order valence-corrected chi connectivity index (χ3v) is 6.92. The number of fused-ring (bicyclic) bond motifs is 1. The molecule has 0 N–H and O–H groups in total. The SMILES string of the molecule is Cc1cc(-n2c(C)cc(C(=O)CN3C(=O)[C@H]4CC=CC[C@@H]4C3=O)c2C)ccc1Br. The Bertz CT molecular complexity index is 1040. The standard InChI is InChI=1S/C23H23BrN2O3/c1-13-10-16(8-9-20(13)24)26-14(2)11-19(15(26)3)21(27)12-25-22(28)17-6-4-5-7-18(17)23(25)29/h4-5,8-11,17-18H,6-7,12H2,1-3H3/t17-,18-/m0/s1. The quantitative estimate of drug-likeness (QED) is 0.393. The minimum Gasteiger partial charge on any atom is -0.318 e. The normalized spacial score (nSPS) is 21.0. The topological polar surface area (TPSA) is 59.4 Å². The number of carbonyl (C=O) groups is 3. The first-order valence-corrected chi connectivity index (χ1v) is 10.6. The molecule has 2 aliphatic rings.